The molecule has 0 aliphatic carbocycles. The number of hydrogen-bond donors (Lipinski definition) is 1. The molecule has 0 saturated carbocycles. The molecule has 0 bridgehead atoms. The predicted octanol–water partition coefficient (Wildman–Crippen LogP) is 5.55. The number of H-pyrrole nitrogens is 1. The average Bonchev–Trinajstić information content (AvgIpc) is 3.39. The van der Waals surface area contributed by atoms with Crippen molar-refractivity contribution in [2.24, 2.45) is 0 Å². The van der Waals surface area contributed by atoms with E-state index in [1.54, 1.807) is 18.5 Å². The Balaban J connectivity index is 1.59. The number of aryl methyl sites for hydroxylation is 2. The van der Waals surface area contributed by atoms with E-state index in [1.165, 1.54) is 0 Å². The molecule has 6 nitrogen and oxygen atoms in total. The molecule has 1 aliphatic heterocycles. The maximum absolute atomic E-state index is 13.9. The van der Waals surface area contributed by atoms with Crippen LogP contribution in [0.1, 0.15) is 47.1 Å². The van der Waals surface area contributed by atoms with Crippen LogP contribution in [0.25, 0.3) is 22.4 Å². The van der Waals surface area contributed by atoms with Gasteiger partial charge in [-0.05, 0) is 63.4 Å². The summed E-state index contributed by atoms with van der Waals surface area (Å²) >= 11 is 3.56. The molecule has 2 aromatic heterocycles. The van der Waals surface area contributed by atoms with Gasteiger partial charge < -0.3 is 9.88 Å². The maximum atomic E-state index is 13.9. The van der Waals surface area contributed by atoms with Gasteiger partial charge in [-0.2, -0.15) is 0 Å². The quantitative estimate of drug-likeness (QED) is 0.409. The summed E-state index contributed by atoms with van der Waals surface area (Å²) in [6.07, 6.45) is 5.17. The Morgan fingerprint density at radius 2 is 1.94 bits per heavy atom. The van der Waals surface area contributed by atoms with E-state index in [-0.39, 0.29) is 5.91 Å². The van der Waals surface area contributed by atoms with Gasteiger partial charge in [0.1, 0.15) is 5.82 Å². The molecule has 1 atom stereocenters. The van der Waals surface area contributed by atoms with E-state index in [0.717, 1.165) is 50.9 Å². The summed E-state index contributed by atoms with van der Waals surface area (Å²) in [5.41, 5.74) is 4.92. The molecule has 32 heavy (non-hydrogen) atoms. The Bertz CT molecular complexity index is 1330. The summed E-state index contributed by atoms with van der Waals surface area (Å²) in [5.74, 6) is 1.36. The third-order valence-corrected chi connectivity index (χ3v) is 6.82. The van der Waals surface area contributed by atoms with Crippen LogP contribution in [0.15, 0.2) is 53.3 Å². The first-order chi connectivity index (χ1) is 15.4. The largest absolute Gasteiger partial charge is 0.340 e. The van der Waals surface area contributed by atoms with Crippen LogP contribution in [-0.4, -0.2) is 37.3 Å². The molecule has 4 aromatic rings. The van der Waals surface area contributed by atoms with Crippen molar-refractivity contribution in [3.8, 4) is 11.4 Å². The van der Waals surface area contributed by atoms with Gasteiger partial charge in [-0.1, -0.05) is 33.6 Å². The molecule has 7 heteroatoms. The molecule has 3 heterocycles. The molecule has 162 valence electrons. The van der Waals surface area contributed by atoms with Crippen molar-refractivity contribution in [1.82, 2.24) is 24.8 Å². The zero-order valence-electron chi connectivity index (χ0n) is 18.3. The lowest BCUT2D eigenvalue weighted by Crippen LogP contribution is -2.43. The first kappa shape index (κ1) is 20.8. The van der Waals surface area contributed by atoms with Gasteiger partial charge in [0.15, 0.2) is 5.82 Å². The predicted molar refractivity (Wildman–Crippen MR) is 128 cm³/mol. The van der Waals surface area contributed by atoms with Crippen LogP contribution in [-0.2, 0) is 5.54 Å². The molecule has 1 fully saturated rings. The minimum Gasteiger partial charge on any atom is -0.340 e. The number of imidazole rings is 1. The first-order valence-corrected chi connectivity index (χ1v) is 11.5. The van der Waals surface area contributed by atoms with Crippen molar-refractivity contribution in [2.45, 2.75) is 39.2 Å². The summed E-state index contributed by atoms with van der Waals surface area (Å²) in [5, 5.41) is 0. The van der Waals surface area contributed by atoms with Gasteiger partial charge in [-0.3, -0.25) is 4.79 Å². The van der Waals surface area contributed by atoms with Crippen molar-refractivity contribution in [3.63, 3.8) is 0 Å². The summed E-state index contributed by atoms with van der Waals surface area (Å²) in [6.45, 7) is 6.84. The molecule has 1 aliphatic rings. The highest BCUT2D eigenvalue weighted by Gasteiger charge is 2.44. The van der Waals surface area contributed by atoms with Gasteiger partial charge in [-0.25, -0.2) is 15.0 Å². The molecule has 0 spiro atoms. The fraction of sp³-hybridized carbons (Fsp3) is 0.280. The number of halogens is 1. The number of carbonyl (C=O) groups excluding carboxylic acids is 1. The zero-order chi connectivity index (χ0) is 22.5. The molecule has 0 radical (unpaired) electrons. The normalized spacial score (nSPS) is 18.4. The fourth-order valence-corrected chi connectivity index (χ4v) is 5.21. The zero-order valence-corrected chi connectivity index (χ0v) is 19.9. The van der Waals surface area contributed by atoms with E-state index < -0.39 is 5.54 Å². The second-order valence-electron chi connectivity index (χ2n) is 8.66. The Hall–Kier alpha value is -3.06. The van der Waals surface area contributed by atoms with E-state index in [2.05, 4.69) is 50.8 Å². The number of hydrogen-bond acceptors (Lipinski definition) is 4. The number of likely N-dealkylation sites (tertiary alicyclic amines) is 1. The highest BCUT2D eigenvalue weighted by molar-refractivity contribution is 9.10. The van der Waals surface area contributed by atoms with E-state index in [1.807, 2.05) is 36.1 Å². The fourth-order valence-electron chi connectivity index (χ4n) is 4.65. The van der Waals surface area contributed by atoms with E-state index in [9.17, 15) is 4.79 Å². The minimum absolute atomic E-state index is 0.0190. The minimum atomic E-state index is -0.520. The van der Waals surface area contributed by atoms with Crippen LogP contribution in [0.3, 0.4) is 0 Å². The number of benzene rings is 2. The highest BCUT2D eigenvalue weighted by atomic mass is 79.9. The van der Waals surface area contributed by atoms with Gasteiger partial charge in [0.05, 0.1) is 22.1 Å². The summed E-state index contributed by atoms with van der Waals surface area (Å²) < 4.78 is 0.998. The number of rotatable bonds is 3. The second-order valence-corrected chi connectivity index (χ2v) is 9.57. The van der Waals surface area contributed by atoms with E-state index in [0.29, 0.717) is 17.9 Å². The van der Waals surface area contributed by atoms with Crippen molar-refractivity contribution in [3.05, 3.63) is 75.8 Å². The van der Waals surface area contributed by atoms with Crippen molar-refractivity contribution in [2.75, 3.05) is 6.54 Å². The highest BCUT2D eigenvalue weighted by Crippen LogP contribution is 2.40. The van der Waals surface area contributed by atoms with Gasteiger partial charge in [0.25, 0.3) is 5.91 Å². The number of carbonyl (C=O) groups is 1. The van der Waals surface area contributed by atoms with Crippen LogP contribution in [0.2, 0.25) is 0 Å². The van der Waals surface area contributed by atoms with Gasteiger partial charge >= 0.3 is 0 Å². The topological polar surface area (TPSA) is 74.8 Å². The Labute approximate surface area is 195 Å². The monoisotopic (exact) mass is 489 g/mol. The molecule has 1 amide bonds. The lowest BCUT2D eigenvalue weighted by molar-refractivity contribution is 0.0606. The summed E-state index contributed by atoms with van der Waals surface area (Å²) in [4.78, 5) is 33.1. The lowest BCUT2D eigenvalue weighted by Gasteiger charge is -2.34. The van der Waals surface area contributed by atoms with Crippen LogP contribution in [0.4, 0.5) is 0 Å². The van der Waals surface area contributed by atoms with Crippen molar-refractivity contribution in [1.29, 1.82) is 0 Å². The molecule has 1 saturated heterocycles. The molecular weight excluding hydrogens is 466 g/mol. The third-order valence-electron chi connectivity index (χ3n) is 6.36. The van der Waals surface area contributed by atoms with Gasteiger partial charge in [0.2, 0.25) is 0 Å². The first-order valence-electron chi connectivity index (χ1n) is 10.7. The van der Waals surface area contributed by atoms with Crippen molar-refractivity contribution >= 4 is 32.9 Å². The Morgan fingerprint density at radius 1 is 1.16 bits per heavy atom. The van der Waals surface area contributed by atoms with Crippen LogP contribution in [0, 0.1) is 13.8 Å². The number of nitrogens with zero attached hydrogens (tertiary/aromatic N) is 4. The smallest absolute Gasteiger partial charge is 0.255 e. The number of fused-ring (bicyclic) bond motifs is 1. The Morgan fingerprint density at radius 3 is 2.72 bits per heavy atom. The Kier molecular flexibility index (Phi) is 5.08. The van der Waals surface area contributed by atoms with Gasteiger partial charge in [0, 0.05) is 29.0 Å². The van der Waals surface area contributed by atoms with Crippen LogP contribution >= 0.6 is 15.9 Å². The summed E-state index contributed by atoms with van der Waals surface area (Å²) in [7, 11) is 0. The lowest BCUT2D eigenvalue weighted by atomic mass is 9.95. The molecular formula is C25H24BrN5O. The number of nitrogens with one attached hydrogen (secondary N) is 1. The maximum Gasteiger partial charge on any atom is 0.255 e. The van der Waals surface area contributed by atoms with Gasteiger partial charge in [-0.15, -0.1) is 0 Å². The van der Waals surface area contributed by atoms with E-state index in [4.69, 9.17) is 4.98 Å². The second kappa shape index (κ2) is 7.81. The molecule has 5 rings (SSSR count). The van der Waals surface area contributed by atoms with Crippen LogP contribution < -0.4 is 0 Å². The number of aromatic amines is 1. The van der Waals surface area contributed by atoms with Crippen LogP contribution in [0.5, 0.6) is 0 Å². The average molecular weight is 490 g/mol. The summed E-state index contributed by atoms with van der Waals surface area (Å²) in [6, 6.07) is 11.7. The SMILES string of the molecule is Cc1ccc(-c2ncccn2)c(C(=O)N2CCC[C@@]2(C)c2nc3cc(Br)cc(C)c3[nH]2)c1. The van der Waals surface area contributed by atoms with Crippen molar-refractivity contribution < 1.29 is 4.79 Å². The standard InChI is InChI=1S/C25H24BrN5O/c1-15-6-7-18(22-27-9-5-10-28-22)19(12-15)23(32)31-11-4-8-25(31,3)24-29-20-14-17(26)13-16(2)21(20)30-24/h5-7,9-10,12-14H,4,8,11H2,1-3H3,(H,29,30)/t25-/m0/s1. The number of amides is 1. The molecule has 0 unspecified atom stereocenters. The number of aromatic nitrogens is 4. The third kappa shape index (κ3) is 3.41. The van der Waals surface area contributed by atoms with E-state index >= 15 is 0 Å². The molecule has 1 N–H and O–H groups in total. The molecule has 2 aromatic carbocycles.